The van der Waals surface area contributed by atoms with Gasteiger partial charge in [-0.2, -0.15) is 4.98 Å². The molecule has 3 aromatic heterocycles. The van der Waals surface area contributed by atoms with Gasteiger partial charge in [0.2, 0.25) is 5.91 Å². The number of aromatic nitrogens is 5. The van der Waals surface area contributed by atoms with Crippen molar-refractivity contribution >= 4 is 55.8 Å². The topological polar surface area (TPSA) is 88.3 Å². The molecule has 4 aromatic rings. The maximum atomic E-state index is 12.3. The van der Waals surface area contributed by atoms with Gasteiger partial charge >= 0.3 is 0 Å². The second kappa shape index (κ2) is 8.19. The lowest BCUT2D eigenvalue weighted by atomic mass is 10.1. The van der Waals surface area contributed by atoms with Gasteiger partial charge in [-0.25, -0.2) is 4.98 Å². The molecule has 1 saturated heterocycles. The van der Waals surface area contributed by atoms with Gasteiger partial charge in [0.25, 0.3) is 0 Å². The molecule has 0 atom stereocenters. The normalized spacial score (nSPS) is 14.1. The summed E-state index contributed by atoms with van der Waals surface area (Å²) < 4.78 is 2.77. The van der Waals surface area contributed by atoms with Gasteiger partial charge in [-0.1, -0.05) is 42.2 Å². The summed E-state index contributed by atoms with van der Waals surface area (Å²) in [6.07, 6.45) is 5.07. The molecule has 0 radical (unpaired) electrons. The number of benzene rings is 1. The van der Waals surface area contributed by atoms with Gasteiger partial charge in [-0.15, -0.1) is 10.2 Å². The first kappa shape index (κ1) is 19.3. The van der Waals surface area contributed by atoms with Crippen molar-refractivity contribution in [2.75, 3.05) is 29.1 Å². The van der Waals surface area contributed by atoms with Crippen molar-refractivity contribution in [3.63, 3.8) is 0 Å². The molecule has 154 valence electrons. The number of nitrogens with one attached hydrogen (secondary N) is 1. The molecule has 0 unspecified atom stereocenters. The summed E-state index contributed by atoms with van der Waals surface area (Å²) in [6, 6.07) is 7.90. The number of aryl methyl sites for hydroxylation is 1. The number of fused-ring (bicyclic) bond motifs is 3. The quantitative estimate of drug-likeness (QED) is 0.459. The molecule has 30 heavy (non-hydrogen) atoms. The van der Waals surface area contributed by atoms with E-state index in [9.17, 15) is 4.79 Å². The highest BCUT2D eigenvalue weighted by Gasteiger charge is 2.20. The van der Waals surface area contributed by atoms with Crippen LogP contribution in [0.5, 0.6) is 0 Å². The summed E-state index contributed by atoms with van der Waals surface area (Å²) in [6.45, 7) is 4.19. The van der Waals surface area contributed by atoms with Crippen LogP contribution in [0, 0.1) is 0 Å². The van der Waals surface area contributed by atoms with Crippen molar-refractivity contribution in [2.24, 2.45) is 0 Å². The third-order valence-corrected chi connectivity index (χ3v) is 7.16. The van der Waals surface area contributed by atoms with Crippen LogP contribution in [-0.4, -0.2) is 49.3 Å². The molecule has 0 saturated carbocycles. The van der Waals surface area contributed by atoms with Crippen LogP contribution in [0.3, 0.4) is 0 Å². The molecular formula is C20H21N7OS2. The molecule has 0 spiro atoms. The summed E-state index contributed by atoms with van der Waals surface area (Å²) in [5, 5.41) is 13.2. The first-order valence-corrected chi connectivity index (χ1v) is 11.8. The summed E-state index contributed by atoms with van der Waals surface area (Å²) in [5.74, 6) is 0.167. The van der Waals surface area contributed by atoms with Gasteiger partial charge in [0.1, 0.15) is 11.0 Å². The van der Waals surface area contributed by atoms with E-state index in [0.29, 0.717) is 10.8 Å². The first-order valence-electron chi connectivity index (χ1n) is 9.98. The fourth-order valence-corrected chi connectivity index (χ4v) is 5.23. The molecule has 5 rings (SSSR count). The lowest BCUT2D eigenvalue weighted by molar-refractivity contribution is -0.113. The second-order valence-electron chi connectivity index (χ2n) is 7.15. The number of amides is 1. The van der Waals surface area contributed by atoms with Crippen molar-refractivity contribution in [2.45, 2.75) is 31.3 Å². The molecule has 1 fully saturated rings. The van der Waals surface area contributed by atoms with E-state index in [1.54, 1.807) is 17.7 Å². The minimum atomic E-state index is -0.0795. The number of hydrogen-bond donors (Lipinski definition) is 1. The Morgan fingerprint density at radius 2 is 2.00 bits per heavy atom. The van der Waals surface area contributed by atoms with Crippen molar-refractivity contribution in [3.05, 3.63) is 36.2 Å². The van der Waals surface area contributed by atoms with Crippen LogP contribution < -0.4 is 10.2 Å². The largest absolute Gasteiger partial charge is 0.348 e. The lowest BCUT2D eigenvalue weighted by Crippen LogP contribution is -2.16. The molecule has 0 aliphatic carbocycles. The van der Waals surface area contributed by atoms with Crippen LogP contribution in [0.4, 0.5) is 10.8 Å². The minimum Gasteiger partial charge on any atom is -0.348 e. The van der Waals surface area contributed by atoms with Gasteiger partial charge in [-0.3, -0.25) is 9.20 Å². The van der Waals surface area contributed by atoms with Crippen LogP contribution in [0.2, 0.25) is 0 Å². The molecule has 10 heteroatoms. The van der Waals surface area contributed by atoms with Gasteiger partial charge in [-0.05, 0) is 37.0 Å². The average Bonchev–Trinajstić information content (AvgIpc) is 3.51. The number of rotatable bonds is 6. The number of thioether (sulfide) groups is 1. The van der Waals surface area contributed by atoms with Gasteiger partial charge in [0.05, 0.1) is 5.75 Å². The number of thiazole rings is 1. The molecule has 1 amide bonds. The Kier molecular flexibility index (Phi) is 5.26. The Hall–Kier alpha value is -2.72. The zero-order valence-corrected chi connectivity index (χ0v) is 18.2. The van der Waals surface area contributed by atoms with Crippen molar-refractivity contribution in [1.82, 2.24) is 24.6 Å². The van der Waals surface area contributed by atoms with Gasteiger partial charge in [0.15, 0.2) is 21.6 Å². The van der Waals surface area contributed by atoms with Gasteiger partial charge in [0, 0.05) is 18.8 Å². The number of nitrogens with zero attached hydrogens (tertiary/aromatic N) is 6. The number of hydrogen-bond acceptors (Lipinski definition) is 8. The van der Waals surface area contributed by atoms with Crippen molar-refractivity contribution < 1.29 is 4.79 Å². The second-order valence-corrected chi connectivity index (χ2v) is 9.07. The molecule has 4 heterocycles. The van der Waals surface area contributed by atoms with Crippen LogP contribution in [-0.2, 0) is 11.2 Å². The maximum absolute atomic E-state index is 12.3. The zero-order valence-electron chi connectivity index (χ0n) is 16.5. The zero-order chi connectivity index (χ0) is 20.5. The molecular weight excluding hydrogens is 418 g/mol. The Bertz CT molecular complexity index is 1200. The van der Waals surface area contributed by atoms with E-state index in [-0.39, 0.29) is 11.7 Å². The molecule has 0 bridgehead atoms. The summed E-state index contributed by atoms with van der Waals surface area (Å²) in [7, 11) is 0. The van der Waals surface area contributed by atoms with E-state index >= 15 is 0 Å². The number of carbonyl (C=O) groups is 1. The highest BCUT2D eigenvalue weighted by atomic mass is 32.2. The molecule has 8 nitrogen and oxygen atoms in total. The summed E-state index contributed by atoms with van der Waals surface area (Å²) in [5.41, 5.74) is 3.48. The summed E-state index contributed by atoms with van der Waals surface area (Å²) >= 11 is 2.95. The van der Waals surface area contributed by atoms with Crippen LogP contribution in [0.1, 0.15) is 25.3 Å². The smallest absolute Gasteiger partial charge is 0.234 e. The molecule has 1 N–H and O–H groups in total. The first-order chi connectivity index (χ1) is 14.7. The fourth-order valence-electron chi connectivity index (χ4n) is 3.48. The highest BCUT2D eigenvalue weighted by molar-refractivity contribution is 7.99. The maximum Gasteiger partial charge on any atom is 0.234 e. The van der Waals surface area contributed by atoms with E-state index in [4.69, 9.17) is 0 Å². The molecule has 1 aromatic carbocycles. The van der Waals surface area contributed by atoms with Crippen molar-refractivity contribution in [3.8, 4) is 0 Å². The van der Waals surface area contributed by atoms with E-state index in [1.165, 1.54) is 30.2 Å². The fraction of sp³-hybridized carbons (Fsp3) is 0.350. The van der Waals surface area contributed by atoms with Crippen LogP contribution >= 0.6 is 23.1 Å². The highest BCUT2D eigenvalue weighted by Crippen LogP contribution is 2.32. The SMILES string of the molecule is CCc1ccc(NC(=O)CSc2nnc3c4sc(N5CCCC5)nc4ncn23)cc1. The Balaban J connectivity index is 1.30. The van der Waals surface area contributed by atoms with E-state index < -0.39 is 0 Å². The third kappa shape index (κ3) is 3.72. The summed E-state index contributed by atoms with van der Waals surface area (Å²) in [4.78, 5) is 23.8. The van der Waals surface area contributed by atoms with Crippen LogP contribution in [0.15, 0.2) is 35.7 Å². The Morgan fingerprint density at radius 3 is 2.77 bits per heavy atom. The standard InChI is InChI=1S/C20H21N7OS2/c1-2-13-5-7-14(8-6-13)22-15(28)11-29-20-25-24-18-16-17(21-12-27(18)20)23-19(30-16)26-9-3-4-10-26/h5-8,12H,2-4,9-11H2,1H3,(H,22,28). The monoisotopic (exact) mass is 439 g/mol. The predicted octanol–water partition coefficient (Wildman–Crippen LogP) is 3.63. The van der Waals surface area contributed by atoms with E-state index in [1.807, 2.05) is 28.7 Å². The third-order valence-electron chi connectivity index (χ3n) is 5.12. The van der Waals surface area contributed by atoms with Gasteiger partial charge < -0.3 is 10.2 Å². The van der Waals surface area contributed by atoms with E-state index in [2.05, 4.69) is 37.3 Å². The van der Waals surface area contributed by atoms with Crippen molar-refractivity contribution in [1.29, 1.82) is 0 Å². The number of carbonyl (C=O) groups excluding carboxylic acids is 1. The molecule has 1 aliphatic heterocycles. The molecule has 1 aliphatic rings. The average molecular weight is 440 g/mol. The minimum absolute atomic E-state index is 0.0795. The van der Waals surface area contributed by atoms with E-state index in [0.717, 1.165) is 40.7 Å². The predicted molar refractivity (Wildman–Crippen MR) is 121 cm³/mol. The van der Waals surface area contributed by atoms with Crippen LogP contribution in [0.25, 0.3) is 16.0 Å². The Labute approximate surface area is 181 Å². The lowest BCUT2D eigenvalue weighted by Gasteiger charge is -2.11. The number of anilines is 2. The Morgan fingerprint density at radius 1 is 1.20 bits per heavy atom.